The standard InChI is InChI=1S/C22H24FN5O2/c1-2-26-8-4-10-27(12-11-26)19-7-6-15-13-16(22(29)30-21(15)25-19)18-14-28-9-3-5-17(23)20(28)24-18/h3,5-7,9,13-14,22,29H,2,4,8,10-12H2,1H3. The zero-order valence-corrected chi connectivity index (χ0v) is 16.8. The molecule has 0 radical (unpaired) electrons. The summed E-state index contributed by atoms with van der Waals surface area (Å²) >= 11 is 0. The Morgan fingerprint density at radius 2 is 2.07 bits per heavy atom. The van der Waals surface area contributed by atoms with Gasteiger partial charge in [0, 0.05) is 43.2 Å². The second kappa shape index (κ2) is 7.70. The number of ether oxygens (including phenoxy) is 1. The topological polar surface area (TPSA) is 66.1 Å². The van der Waals surface area contributed by atoms with Gasteiger partial charge >= 0.3 is 0 Å². The van der Waals surface area contributed by atoms with Crippen molar-refractivity contribution in [1.82, 2.24) is 19.3 Å². The number of anilines is 1. The smallest absolute Gasteiger partial charge is 0.228 e. The average molecular weight is 409 g/mol. The van der Waals surface area contributed by atoms with Crippen LogP contribution in [0.25, 0.3) is 17.3 Å². The Morgan fingerprint density at radius 1 is 1.17 bits per heavy atom. The summed E-state index contributed by atoms with van der Waals surface area (Å²) in [6.45, 7) is 7.20. The van der Waals surface area contributed by atoms with Gasteiger partial charge < -0.3 is 24.0 Å². The fourth-order valence-corrected chi connectivity index (χ4v) is 4.06. The highest BCUT2D eigenvalue weighted by Crippen LogP contribution is 2.34. The van der Waals surface area contributed by atoms with Crippen LogP contribution in [0.5, 0.6) is 5.88 Å². The molecule has 2 aliphatic rings. The first-order valence-corrected chi connectivity index (χ1v) is 10.3. The molecule has 1 fully saturated rings. The molecular weight excluding hydrogens is 385 g/mol. The Morgan fingerprint density at radius 3 is 2.90 bits per heavy atom. The molecule has 0 amide bonds. The first kappa shape index (κ1) is 19.0. The number of aliphatic hydroxyl groups is 1. The van der Waals surface area contributed by atoms with Gasteiger partial charge in [-0.15, -0.1) is 0 Å². The molecule has 0 aromatic carbocycles. The van der Waals surface area contributed by atoms with Crippen LogP contribution in [0.3, 0.4) is 0 Å². The average Bonchev–Trinajstić information content (AvgIpc) is 3.04. The van der Waals surface area contributed by atoms with Gasteiger partial charge in [0.05, 0.1) is 5.69 Å². The van der Waals surface area contributed by atoms with Gasteiger partial charge in [-0.05, 0) is 49.9 Å². The summed E-state index contributed by atoms with van der Waals surface area (Å²) < 4.78 is 21.3. The molecule has 5 heterocycles. The molecule has 5 rings (SSSR count). The predicted octanol–water partition coefficient (Wildman–Crippen LogP) is 2.65. The third kappa shape index (κ3) is 3.42. The number of pyridine rings is 2. The third-order valence-electron chi connectivity index (χ3n) is 5.77. The summed E-state index contributed by atoms with van der Waals surface area (Å²) in [5.41, 5.74) is 1.92. The van der Waals surface area contributed by atoms with Gasteiger partial charge in [0.2, 0.25) is 12.2 Å². The summed E-state index contributed by atoms with van der Waals surface area (Å²) in [6, 6.07) is 6.90. The Balaban J connectivity index is 1.44. The number of aliphatic hydroxyl groups excluding tert-OH is 1. The molecule has 1 unspecified atom stereocenters. The van der Waals surface area contributed by atoms with Crippen LogP contribution in [0.2, 0.25) is 0 Å². The second-order valence-electron chi connectivity index (χ2n) is 7.62. The number of halogens is 1. The summed E-state index contributed by atoms with van der Waals surface area (Å²) in [5.74, 6) is 0.835. The lowest BCUT2D eigenvalue weighted by atomic mass is 10.1. The predicted molar refractivity (Wildman–Crippen MR) is 113 cm³/mol. The summed E-state index contributed by atoms with van der Waals surface area (Å²) in [5, 5.41) is 10.6. The highest BCUT2D eigenvalue weighted by Gasteiger charge is 2.26. The minimum Gasteiger partial charge on any atom is -0.443 e. The first-order valence-electron chi connectivity index (χ1n) is 10.3. The summed E-state index contributed by atoms with van der Waals surface area (Å²) in [7, 11) is 0. The summed E-state index contributed by atoms with van der Waals surface area (Å²) in [6.07, 6.45) is 5.08. The zero-order chi connectivity index (χ0) is 20.7. The van der Waals surface area contributed by atoms with E-state index in [0.717, 1.165) is 50.5 Å². The molecule has 1 saturated heterocycles. The quantitative estimate of drug-likeness (QED) is 0.718. The van der Waals surface area contributed by atoms with Crippen molar-refractivity contribution in [2.45, 2.75) is 19.6 Å². The second-order valence-corrected chi connectivity index (χ2v) is 7.62. The Kier molecular flexibility index (Phi) is 4.88. The number of imidazole rings is 1. The minimum atomic E-state index is -1.21. The molecule has 30 heavy (non-hydrogen) atoms. The Labute approximate surface area is 174 Å². The van der Waals surface area contributed by atoms with Crippen molar-refractivity contribution >= 4 is 23.1 Å². The highest BCUT2D eigenvalue weighted by atomic mass is 19.1. The number of hydrogen-bond acceptors (Lipinski definition) is 6. The van der Waals surface area contributed by atoms with E-state index in [-0.39, 0.29) is 5.65 Å². The van der Waals surface area contributed by atoms with Gasteiger partial charge in [0.25, 0.3) is 0 Å². The van der Waals surface area contributed by atoms with Crippen molar-refractivity contribution in [2.24, 2.45) is 0 Å². The molecule has 156 valence electrons. The first-order chi connectivity index (χ1) is 14.6. The van der Waals surface area contributed by atoms with Crippen molar-refractivity contribution in [3.05, 3.63) is 53.7 Å². The van der Waals surface area contributed by atoms with Crippen LogP contribution in [0.4, 0.5) is 10.2 Å². The van der Waals surface area contributed by atoms with Crippen LogP contribution in [-0.4, -0.2) is 63.4 Å². The SMILES string of the molecule is CCN1CCCN(c2ccc3c(n2)OC(O)C(c2cn4cccc(F)c4n2)=C3)CC1. The van der Waals surface area contributed by atoms with Crippen molar-refractivity contribution in [2.75, 3.05) is 37.6 Å². The van der Waals surface area contributed by atoms with Crippen molar-refractivity contribution in [3.63, 3.8) is 0 Å². The third-order valence-corrected chi connectivity index (χ3v) is 5.77. The van der Waals surface area contributed by atoms with E-state index in [9.17, 15) is 9.50 Å². The van der Waals surface area contributed by atoms with E-state index in [0.29, 0.717) is 17.1 Å². The lowest BCUT2D eigenvalue weighted by Crippen LogP contribution is -2.31. The number of aromatic nitrogens is 3. The number of likely N-dealkylation sites (N-methyl/N-ethyl adjacent to an activating group) is 1. The van der Waals surface area contributed by atoms with Gasteiger partial charge in [-0.2, -0.15) is 4.98 Å². The van der Waals surface area contributed by atoms with Crippen molar-refractivity contribution < 1.29 is 14.2 Å². The fraction of sp³-hybridized carbons (Fsp3) is 0.364. The summed E-state index contributed by atoms with van der Waals surface area (Å²) in [4.78, 5) is 13.7. The lowest BCUT2D eigenvalue weighted by Gasteiger charge is -2.25. The van der Waals surface area contributed by atoms with Gasteiger partial charge in [0.15, 0.2) is 11.5 Å². The number of fused-ring (bicyclic) bond motifs is 2. The van der Waals surface area contributed by atoms with Crippen LogP contribution >= 0.6 is 0 Å². The van der Waals surface area contributed by atoms with Crippen LogP contribution in [0, 0.1) is 5.82 Å². The number of hydrogen-bond donors (Lipinski definition) is 1. The molecule has 2 aliphatic heterocycles. The van der Waals surface area contributed by atoms with E-state index in [2.05, 4.69) is 26.7 Å². The lowest BCUT2D eigenvalue weighted by molar-refractivity contribution is 0.0280. The van der Waals surface area contributed by atoms with E-state index in [1.807, 2.05) is 12.1 Å². The van der Waals surface area contributed by atoms with Crippen LogP contribution in [-0.2, 0) is 0 Å². The monoisotopic (exact) mass is 409 g/mol. The van der Waals surface area contributed by atoms with Gasteiger partial charge in [0.1, 0.15) is 5.82 Å². The molecule has 7 nitrogen and oxygen atoms in total. The Bertz CT molecular complexity index is 1110. The molecule has 0 bridgehead atoms. The Hall–Kier alpha value is -2.97. The van der Waals surface area contributed by atoms with E-state index in [1.54, 1.807) is 28.9 Å². The molecule has 0 aliphatic carbocycles. The van der Waals surface area contributed by atoms with Gasteiger partial charge in [-0.1, -0.05) is 6.92 Å². The molecule has 1 atom stereocenters. The number of rotatable bonds is 3. The van der Waals surface area contributed by atoms with Crippen molar-refractivity contribution in [1.29, 1.82) is 0 Å². The fourth-order valence-electron chi connectivity index (χ4n) is 4.06. The van der Waals surface area contributed by atoms with Crippen LogP contribution in [0.1, 0.15) is 24.6 Å². The molecule has 3 aromatic heterocycles. The van der Waals surface area contributed by atoms with Gasteiger partial charge in [-0.3, -0.25) is 0 Å². The van der Waals surface area contributed by atoms with Crippen LogP contribution < -0.4 is 9.64 Å². The van der Waals surface area contributed by atoms with E-state index >= 15 is 0 Å². The highest BCUT2D eigenvalue weighted by molar-refractivity contribution is 5.85. The van der Waals surface area contributed by atoms with Crippen molar-refractivity contribution in [3.8, 4) is 5.88 Å². The maximum absolute atomic E-state index is 14.0. The number of nitrogens with zero attached hydrogens (tertiary/aromatic N) is 5. The maximum atomic E-state index is 14.0. The normalized spacial score (nSPS) is 19.9. The largest absolute Gasteiger partial charge is 0.443 e. The van der Waals surface area contributed by atoms with E-state index in [1.165, 1.54) is 6.07 Å². The molecule has 3 aromatic rings. The molecule has 0 spiro atoms. The van der Waals surface area contributed by atoms with Gasteiger partial charge in [-0.25, -0.2) is 9.37 Å². The minimum absolute atomic E-state index is 0.210. The van der Waals surface area contributed by atoms with E-state index < -0.39 is 12.1 Å². The molecule has 1 N–H and O–H groups in total. The maximum Gasteiger partial charge on any atom is 0.228 e. The molecular formula is C22H24FN5O2. The molecule has 8 heteroatoms. The molecule has 0 saturated carbocycles. The van der Waals surface area contributed by atoms with Crippen LogP contribution in [0.15, 0.2) is 36.7 Å². The van der Waals surface area contributed by atoms with E-state index in [4.69, 9.17) is 4.74 Å². The zero-order valence-electron chi connectivity index (χ0n) is 16.8.